The van der Waals surface area contributed by atoms with Gasteiger partial charge in [0.05, 0.1) is 18.4 Å². The number of aliphatic hydroxyl groups is 1. The van der Waals surface area contributed by atoms with E-state index in [1.54, 1.807) is 30.2 Å². The normalized spacial score (nSPS) is 18.4. The molecule has 0 aromatic heterocycles. The van der Waals surface area contributed by atoms with Gasteiger partial charge >= 0.3 is 6.18 Å². The maximum Gasteiger partial charge on any atom is 0.406 e. The molecule has 2 N–H and O–H groups in total. The van der Waals surface area contributed by atoms with Gasteiger partial charge in [-0.2, -0.15) is 13.2 Å². The van der Waals surface area contributed by atoms with Crippen LogP contribution >= 0.6 is 0 Å². The standard InChI is InChI=1S/C20H20F3N3O3/c1-25-10-14(27)3-4-16(25)15(9-24)13-7-12-5-6-26(11-20(21,22)23)19(28)18(12)17(8-13)29-2/h3-4,7-10,24,27H,5-6,11H2,1-2H3/b16-15+,24-9?. The molecule has 2 aliphatic rings. The largest absolute Gasteiger partial charge is 0.506 e. The lowest BCUT2D eigenvalue weighted by atomic mass is 9.92. The van der Waals surface area contributed by atoms with Crippen LogP contribution in [0.2, 0.25) is 0 Å². The Labute approximate surface area is 165 Å². The number of carbonyl (C=O) groups excluding carboxylic acids is 1. The van der Waals surface area contributed by atoms with Crippen LogP contribution in [0.15, 0.2) is 41.9 Å². The maximum absolute atomic E-state index is 12.8. The number of aliphatic hydroxyl groups excluding tert-OH is 1. The van der Waals surface area contributed by atoms with Crippen LogP contribution in [-0.2, 0) is 6.42 Å². The monoisotopic (exact) mass is 407 g/mol. The first-order valence-electron chi connectivity index (χ1n) is 8.78. The van der Waals surface area contributed by atoms with Crippen LogP contribution in [0.3, 0.4) is 0 Å². The fourth-order valence-electron chi connectivity index (χ4n) is 3.49. The number of allylic oxidation sites excluding steroid dienone is 3. The molecule has 0 unspecified atom stereocenters. The fourth-order valence-corrected chi connectivity index (χ4v) is 3.49. The number of rotatable bonds is 4. The van der Waals surface area contributed by atoms with Crippen LogP contribution in [0.1, 0.15) is 21.5 Å². The third-order valence-electron chi connectivity index (χ3n) is 4.78. The highest BCUT2D eigenvalue weighted by atomic mass is 19.4. The summed E-state index contributed by atoms with van der Waals surface area (Å²) < 4.78 is 43.6. The molecule has 1 aromatic rings. The summed E-state index contributed by atoms with van der Waals surface area (Å²) in [6.45, 7) is -1.36. The third-order valence-corrected chi connectivity index (χ3v) is 4.78. The molecule has 0 atom stereocenters. The summed E-state index contributed by atoms with van der Waals surface area (Å²) in [5, 5.41) is 17.5. The van der Waals surface area contributed by atoms with Gasteiger partial charge in [0.2, 0.25) is 0 Å². The highest BCUT2D eigenvalue weighted by Crippen LogP contribution is 2.34. The van der Waals surface area contributed by atoms with Crippen molar-refractivity contribution in [3.05, 3.63) is 58.6 Å². The van der Waals surface area contributed by atoms with Gasteiger partial charge in [0.15, 0.2) is 0 Å². The van der Waals surface area contributed by atoms with Crippen LogP contribution in [0, 0.1) is 5.41 Å². The quantitative estimate of drug-likeness (QED) is 0.749. The number of benzene rings is 1. The summed E-state index contributed by atoms with van der Waals surface area (Å²) in [7, 11) is 3.06. The van der Waals surface area contributed by atoms with Gasteiger partial charge in [0.25, 0.3) is 5.91 Å². The fraction of sp³-hybridized carbons (Fsp3) is 0.300. The Bertz CT molecular complexity index is 931. The molecule has 9 heteroatoms. The maximum atomic E-state index is 12.8. The number of hydrogen-bond donors (Lipinski definition) is 2. The molecule has 29 heavy (non-hydrogen) atoms. The zero-order valence-electron chi connectivity index (χ0n) is 15.9. The second-order valence-corrected chi connectivity index (χ2v) is 6.75. The molecule has 2 aliphatic heterocycles. The van der Waals surface area contributed by atoms with Crippen molar-refractivity contribution in [3.63, 3.8) is 0 Å². The average molecular weight is 407 g/mol. The first kappa shape index (κ1) is 20.5. The highest BCUT2D eigenvalue weighted by Gasteiger charge is 2.37. The number of nitrogens with one attached hydrogen (secondary N) is 1. The van der Waals surface area contributed by atoms with E-state index < -0.39 is 18.6 Å². The molecule has 3 rings (SSSR count). The minimum Gasteiger partial charge on any atom is -0.506 e. The number of methoxy groups -OCH3 is 1. The van der Waals surface area contributed by atoms with E-state index in [1.807, 2.05) is 0 Å². The second-order valence-electron chi connectivity index (χ2n) is 6.75. The molecule has 154 valence electrons. The summed E-state index contributed by atoms with van der Waals surface area (Å²) in [4.78, 5) is 15.1. The molecular formula is C20H20F3N3O3. The number of fused-ring (bicyclic) bond motifs is 1. The number of hydrogen-bond acceptors (Lipinski definition) is 5. The Morgan fingerprint density at radius 1 is 1.34 bits per heavy atom. The lowest BCUT2D eigenvalue weighted by Crippen LogP contribution is -2.43. The smallest absolute Gasteiger partial charge is 0.406 e. The molecule has 0 aliphatic carbocycles. The second kappa shape index (κ2) is 7.65. The van der Waals surface area contributed by atoms with Crippen molar-refractivity contribution in [1.82, 2.24) is 9.80 Å². The van der Waals surface area contributed by atoms with E-state index in [-0.39, 0.29) is 30.0 Å². The lowest BCUT2D eigenvalue weighted by Gasteiger charge is -2.31. The number of amides is 1. The van der Waals surface area contributed by atoms with Gasteiger partial charge in [-0.1, -0.05) is 0 Å². The minimum atomic E-state index is -4.48. The molecule has 0 bridgehead atoms. The number of carbonyl (C=O) groups is 1. The van der Waals surface area contributed by atoms with Gasteiger partial charge in [-0.15, -0.1) is 0 Å². The molecule has 6 nitrogen and oxygen atoms in total. The topological polar surface area (TPSA) is 76.9 Å². The predicted octanol–water partition coefficient (Wildman–Crippen LogP) is 3.52. The van der Waals surface area contributed by atoms with Crippen molar-refractivity contribution in [2.75, 3.05) is 27.2 Å². The van der Waals surface area contributed by atoms with E-state index in [9.17, 15) is 23.1 Å². The molecule has 2 heterocycles. The van der Waals surface area contributed by atoms with Gasteiger partial charge in [-0.3, -0.25) is 4.79 Å². The molecule has 1 amide bonds. The van der Waals surface area contributed by atoms with E-state index in [0.29, 0.717) is 22.4 Å². The van der Waals surface area contributed by atoms with Gasteiger partial charge in [-0.05, 0) is 41.8 Å². The Morgan fingerprint density at radius 3 is 2.66 bits per heavy atom. The molecular weight excluding hydrogens is 387 g/mol. The number of alkyl halides is 3. The number of likely N-dealkylation sites (N-methyl/N-ethyl adjacent to an activating group) is 1. The van der Waals surface area contributed by atoms with E-state index in [0.717, 1.165) is 11.1 Å². The predicted molar refractivity (Wildman–Crippen MR) is 102 cm³/mol. The van der Waals surface area contributed by atoms with Crippen molar-refractivity contribution < 1.29 is 27.8 Å². The van der Waals surface area contributed by atoms with E-state index in [4.69, 9.17) is 10.1 Å². The van der Waals surface area contributed by atoms with Gasteiger partial charge in [-0.25, -0.2) is 0 Å². The first-order chi connectivity index (χ1) is 13.6. The summed E-state index contributed by atoms with van der Waals surface area (Å²) >= 11 is 0. The van der Waals surface area contributed by atoms with Crippen molar-refractivity contribution in [1.29, 1.82) is 5.41 Å². The molecule has 0 radical (unpaired) electrons. The van der Waals surface area contributed by atoms with Crippen LogP contribution in [-0.4, -0.2) is 60.5 Å². The zero-order chi connectivity index (χ0) is 21.3. The van der Waals surface area contributed by atoms with Crippen molar-refractivity contribution in [2.45, 2.75) is 12.6 Å². The third kappa shape index (κ3) is 4.13. The van der Waals surface area contributed by atoms with Gasteiger partial charge in [0.1, 0.15) is 18.1 Å². The van der Waals surface area contributed by atoms with Crippen LogP contribution in [0.5, 0.6) is 5.75 Å². The number of halogens is 3. The SMILES string of the molecule is COc1cc(/C(C=N)=C2\C=CC(O)=CN2C)cc2c1C(=O)N(CC(F)(F)F)CC2. The van der Waals surface area contributed by atoms with Crippen LogP contribution in [0.4, 0.5) is 13.2 Å². The average Bonchev–Trinajstić information content (AvgIpc) is 2.64. The van der Waals surface area contributed by atoms with Gasteiger partial charge in [0, 0.05) is 31.6 Å². The van der Waals surface area contributed by atoms with Gasteiger partial charge < -0.3 is 25.1 Å². The Morgan fingerprint density at radius 2 is 2.07 bits per heavy atom. The van der Waals surface area contributed by atoms with Crippen molar-refractivity contribution in [2.24, 2.45) is 0 Å². The lowest BCUT2D eigenvalue weighted by molar-refractivity contribution is -0.141. The van der Waals surface area contributed by atoms with E-state index >= 15 is 0 Å². The van der Waals surface area contributed by atoms with Crippen LogP contribution < -0.4 is 4.74 Å². The van der Waals surface area contributed by atoms with Crippen molar-refractivity contribution in [3.8, 4) is 5.75 Å². The summed E-state index contributed by atoms with van der Waals surface area (Å²) in [6.07, 6.45) is 1.55. The minimum absolute atomic E-state index is 0.0507. The molecule has 0 saturated carbocycles. The molecule has 0 saturated heterocycles. The van der Waals surface area contributed by atoms with Crippen molar-refractivity contribution >= 4 is 17.7 Å². The zero-order valence-corrected chi connectivity index (χ0v) is 15.9. The van der Waals surface area contributed by atoms with Crippen LogP contribution in [0.25, 0.3) is 5.57 Å². The highest BCUT2D eigenvalue weighted by molar-refractivity contribution is 6.11. The Kier molecular flexibility index (Phi) is 5.41. The summed E-state index contributed by atoms with van der Waals surface area (Å²) in [5.41, 5.74) is 2.43. The summed E-state index contributed by atoms with van der Waals surface area (Å²) in [6, 6.07) is 3.25. The Balaban J connectivity index is 2.07. The Hall–Kier alpha value is -3.23. The molecule has 0 fully saturated rings. The summed E-state index contributed by atoms with van der Waals surface area (Å²) in [5.74, 6) is -0.493. The molecule has 0 spiro atoms. The first-order valence-corrected chi connectivity index (χ1v) is 8.78. The molecule has 1 aromatic carbocycles. The number of nitrogens with zero attached hydrogens (tertiary/aromatic N) is 2. The van der Waals surface area contributed by atoms with E-state index in [1.165, 1.54) is 19.4 Å². The van der Waals surface area contributed by atoms with E-state index in [2.05, 4.69) is 0 Å². The number of ether oxygens (including phenoxy) is 1.